The molecule has 1 fully saturated rings. The standard InChI is InChI=1S/C38H50N8.K/c1-8-35(28(2)3)36-42-38(46-24-21-33(39)22-25-46)43-37(45(36)7)40-27-32-18-10-9-17-31(32)19-11-15-30-16-12-20-34(26-30)41-29(4)14-13-23-44(5)6;/h8-20,28,33,41H,1,4,21-25,27,39H2,2-3,5-7H3,(H,40,42,43);/q-2;+1/b14-13+,15-11-,36-35+;. The molecule has 8 nitrogen and oxygen atoms in total. The van der Waals surface area contributed by atoms with Crippen LogP contribution in [0.15, 0.2) is 107 Å². The fraction of sp³-hybridized carbons (Fsp3) is 0.342. The number of hydrogen-bond donors (Lipinski definition) is 3. The number of nitrogens with two attached hydrogens (primary N) is 1. The Balaban J connectivity index is 0.00000600. The zero-order valence-corrected chi connectivity index (χ0v) is 32.3. The van der Waals surface area contributed by atoms with Gasteiger partial charge in [-0.05, 0) is 50.2 Å². The van der Waals surface area contributed by atoms with Gasteiger partial charge in [0.15, 0.2) is 0 Å². The zero-order chi connectivity index (χ0) is 33.1. The van der Waals surface area contributed by atoms with Crippen molar-refractivity contribution in [3.05, 3.63) is 126 Å². The molecule has 2 aromatic carbocycles. The van der Waals surface area contributed by atoms with Crippen LogP contribution < -0.4 is 67.8 Å². The first-order valence-electron chi connectivity index (χ1n) is 16.0. The number of aliphatic imine (C=N–C) groups is 2. The summed E-state index contributed by atoms with van der Waals surface area (Å²) < 4.78 is 0. The Morgan fingerprint density at radius 2 is 1.96 bits per heavy atom. The molecule has 47 heavy (non-hydrogen) atoms. The predicted molar refractivity (Wildman–Crippen MR) is 195 cm³/mol. The van der Waals surface area contributed by atoms with E-state index in [2.05, 4.69) is 102 Å². The molecule has 9 heteroatoms. The largest absolute Gasteiger partial charge is 1.00 e. The Kier molecular flexibility index (Phi) is 15.7. The van der Waals surface area contributed by atoms with Crippen molar-refractivity contribution >= 4 is 23.7 Å². The van der Waals surface area contributed by atoms with Gasteiger partial charge in [0.05, 0.1) is 0 Å². The fourth-order valence-electron chi connectivity index (χ4n) is 5.29. The van der Waals surface area contributed by atoms with E-state index in [-0.39, 0.29) is 63.3 Å². The van der Waals surface area contributed by atoms with Crippen LogP contribution in [-0.4, -0.2) is 73.4 Å². The monoisotopic (exact) mass is 657 g/mol. The Labute approximate surface area is 325 Å². The molecule has 2 aliphatic rings. The van der Waals surface area contributed by atoms with E-state index in [0.29, 0.717) is 12.5 Å². The molecule has 0 unspecified atom stereocenters. The minimum atomic E-state index is 0. The van der Waals surface area contributed by atoms with Gasteiger partial charge in [0.2, 0.25) is 11.9 Å². The zero-order valence-electron chi connectivity index (χ0n) is 29.1. The van der Waals surface area contributed by atoms with Crippen LogP contribution >= 0.6 is 0 Å². The van der Waals surface area contributed by atoms with Gasteiger partial charge in [0.1, 0.15) is 5.82 Å². The number of rotatable bonds is 12. The molecular weight excluding hydrogens is 608 g/mol. The maximum absolute atomic E-state index is 6.19. The topological polar surface area (TPSA) is 84.5 Å². The van der Waals surface area contributed by atoms with E-state index in [1.807, 2.05) is 56.4 Å². The van der Waals surface area contributed by atoms with Gasteiger partial charge < -0.3 is 26.2 Å². The van der Waals surface area contributed by atoms with Gasteiger partial charge in [0.25, 0.3) is 0 Å². The van der Waals surface area contributed by atoms with Crippen LogP contribution in [-0.2, 0) is 6.54 Å². The second kappa shape index (κ2) is 19.2. The van der Waals surface area contributed by atoms with E-state index in [0.717, 1.165) is 77.9 Å². The van der Waals surface area contributed by atoms with E-state index in [1.165, 1.54) is 0 Å². The number of nitrogens with one attached hydrogen (secondary N) is 2. The average molecular weight is 658 g/mol. The van der Waals surface area contributed by atoms with Crippen molar-refractivity contribution in [2.45, 2.75) is 39.3 Å². The van der Waals surface area contributed by atoms with Crippen molar-refractivity contribution < 1.29 is 51.4 Å². The normalized spacial score (nSPS) is 17.6. The fourth-order valence-corrected chi connectivity index (χ4v) is 5.29. The van der Waals surface area contributed by atoms with E-state index in [4.69, 9.17) is 15.7 Å². The summed E-state index contributed by atoms with van der Waals surface area (Å²) in [4.78, 5) is 16.4. The Bertz CT molecular complexity index is 1510. The molecular formula is C38H50KN8-. The summed E-state index contributed by atoms with van der Waals surface area (Å²) in [7, 11) is 6.09. The number of piperidine rings is 1. The van der Waals surface area contributed by atoms with Crippen LogP contribution in [0.25, 0.3) is 6.08 Å². The van der Waals surface area contributed by atoms with Gasteiger partial charge in [-0.15, -0.1) is 66.1 Å². The summed E-state index contributed by atoms with van der Waals surface area (Å²) in [5.41, 5.74) is 12.2. The number of benzene rings is 2. The summed E-state index contributed by atoms with van der Waals surface area (Å²) in [6.45, 7) is 15.6. The van der Waals surface area contributed by atoms with E-state index in [1.54, 1.807) is 0 Å². The van der Waals surface area contributed by atoms with Crippen molar-refractivity contribution in [1.82, 2.24) is 20.0 Å². The van der Waals surface area contributed by atoms with Crippen LogP contribution in [0.2, 0.25) is 0 Å². The number of allylic oxidation sites excluding steroid dienone is 4. The SMILES string of the molecule is C=C/C(=C1/NC(N2CCC(N)CC2)=NC(=NCc2ccccc2[CH-]/C=C\c2[c-]c(NC(=C)/C=C/CN(C)C)ccc2)N1C)C(C)C.[K+]. The molecule has 244 valence electrons. The van der Waals surface area contributed by atoms with Crippen LogP contribution in [0.3, 0.4) is 0 Å². The number of guanidine groups is 2. The van der Waals surface area contributed by atoms with Crippen LogP contribution in [0.1, 0.15) is 43.4 Å². The van der Waals surface area contributed by atoms with E-state index < -0.39 is 0 Å². The molecule has 2 aliphatic heterocycles. The molecule has 0 bridgehead atoms. The Morgan fingerprint density at radius 3 is 2.66 bits per heavy atom. The van der Waals surface area contributed by atoms with Crippen molar-refractivity contribution in [3.8, 4) is 0 Å². The summed E-state index contributed by atoms with van der Waals surface area (Å²) in [5, 5.41) is 6.91. The number of hydrogen-bond acceptors (Lipinski definition) is 6. The minimum absolute atomic E-state index is 0. The molecule has 0 aromatic heterocycles. The number of nitrogens with zero attached hydrogens (tertiary/aromatic N) is 5. The molecule has 2 aromatic rings. The third-order valence-corrected chi connectivity index (χ3v) is 7.93. The van der Waals surface area contributed by atoms with Crippen molar-refractivity contribution in [3.63, 3.8) is 0 Å². The van der Waals surface area contributed by atoms with Gasteiger partial charge >= 0.3 is 51.4 Å². The maximum Gasteiger partial charge on any atom is 1.00 e. The molecule has 0 amide bonds. The van der Waals surface area contributed by atoms with Crippen LogP contribution in [0.4, 0.5) is 5.69 Å². The van der Waals surface area contributed by atoms with Crippen LogP contribution in [0, 0.1) is 18.4 Å². The quantitative estimate of drug-likeness (QED) is 0.185. The summed E-state index contributed by atoms with van der Waals surface area (Å²) >= 11 is 0. The maximum atomic E-state index is 6.19. The predicted octanol–water partition coefficient (Wildman–Crippen LogP) is 3.02. The second-order valence-corrected chi connectivity index (χ2v) is 12.3. The van der Waals surface area contributed by atoms with E-state index >= 15 is 0 Å². The second-order valence-electron chi connectivity index (χ2n) is 12.3. The van der Waals surface area contributed by atoms with E-state index in [9.17, 15) is 0 Å². The first-order chi connectivity index (χ1) is 22.1. The average Bonchev–Trinajstić information content (AvgIpc) is 3.02. The minimum Gasteiger partial charge on any atom is -0.373 e. The van der Waals surface area contributed by atoms with Gasteiger partial charge in [0, 0.05) is 45.0 Å². The first-order valence-corrected chi connectivity index (χ1v) is 16.0. The van der Waals surface area contributed by atoms with Gasteiger partial charge in [-0.2, -0.15) is 4.99 Å². The van der Waals surface area contributed by atoms with Gasteiger partial charge in [-0.3, -0.25) is 9.89 Å². The summed E-state index contributed by atoms with van der Waals surface area (Å²) in [5.74, 6) is 2.74. The molecule has 2 heterocycles. The first kappa shape index (κ1) is 38.6. The summed E-state index contributed by atoms with van der Waals surface area (Å²) in [6.07, 6.45) is 14.1. The molecule has 0 radical (unpaired) electrons. The molecule has 1 saturated heterocycles. The number of likely N-dealkylation sites (tertiary alicyclic amines) is 1. The smallest absolute Gasteiger partial charge is 0.373 e. The third-order valence-electron chi connectivity index (χ3n) is 7.93. The Hall–Kier alpha value is -2.89. The number of likely N-dealkylation sites (N-methyl/N-ethyl adjacent to an activating group) is 1. The molecule has 0 atom stereocenters. The molecule has 4 N–H and O–H groups in total. The van der Waals surface area contributed by atoms with Crippen molar-refractivity contribution in [2.75, 3.05) is 46.1 Å². The molecule has 0 spiro atoms. The van der Waals surface area contributed by atoms with Gasteiger partial charge in [-0.25, -0.2) is 0 Å². The molecule has 4 rings (SSSR count). The number of anilines is 1. The molecule has 0 aliphatic carbocycles. The third kappa shape index (κ3) is 11.6. The Morgan fingerprint density at radius 1 is 1.21 bits per heavy atom. The van der Waals surface area contributed by atoms with Crippen molar-refractivity contribution in [1.29, 1.82) is 0 Å². The van der Waals surface area contributed by atoms with Gasteiger partial charge in [-0.1, -0.05) is 56.9 Å². The van der Waals surface area contributed by atoms with Crippen molar-refractivity contribution in [2.24, 2.45) is 21.6 Å². The summed E-state index contributed by atoms with van der Waals surface area (Å²) in [6, 6.07) is 18.0. The van der Waals surface area contributed by atoms with Crippen LogP contribution in [0.5, 0.6) is 0 Å². The molecule has 0 saturated carbocycles.